The van der Waals surface area contributed by atoms with Gasteiger partial charge in [0.25, 0.3) is 0 Å². The fourth-order valence-corrected chi connectivity index (χ4v) is 2.33. The Bertz CT molecular complexity index is 687. The Labute approximate surface area is 101 Å². The fourth-order valence-electron chi connectivity index (χ4n) is 1.67. The maximum absolute atomic E-state index is 12.2. The van der Waals surface area contributed by atoms with E-state index >= 15 is 0 Å². The lowest BCUT2D eigenvalue weighted by Gasteiger charge is -1.98. The summed E-state index contributed by atoms with van der Waals surface area (Å²) >= 11 is 1.40. The molecule has 0 atom stereocenters. The summed E-state index contributed by atoms with van der Waals surface area (Å²) in [6, 6.07) is 3.64. The second-order valence-corrected chi connectivity index (χ2v) is 4.48. The number of hydrogen-bond donors (Lipinski definition) is 0. The first-order valence-corrected chi connectivity index (χ1v) is 5.86. The van der Waals surface area contributed by atoms with Crippen molar-refractivity contribution in [3.05, 3.63) is 40.6 Å². The number of aryl methyl sites for hydroxylation is 1. The maximum Gasteiger partial charge on any atom is 0.222 e. The van der Waals surface area contributed by atoms with Crippen molar-refractivity contribution in [1.82, 2.24) is 19.7 Å². The SMILES string of the molecule is Cn1ncc2c(C(=O)c3cccs3)ncnc21. The summed E-state index contributed by atoms with van der Waals surface area (Å²) in [4.78, 5) is 21.1. The van der Waals surface area contributed by atoms with Gasteiger partial charge in [-0.25, -0.2) is 9.97 Å². The van der Waals surface area contributed by atoms with E-state index in [1.165, 1.54) is 17.7 Å². The van der Waals surface area contributed by atoms with Gasteiger partial charge < -0.3 is 0 Å². The lowest BCUT2D eigenvalue weighted by molar-refractivity contribution is 0.103. The molecule has 0 radical (unpaired) electrons. The summed E-state index contributed by atoms with van der Waals surface area (Å²) in [6.07, 6.45) is 3.01. The molecule has 0 aliphatic heterocycles. The molecule has 0 N–H and O–H groups in total. The number of rotatable bonds is 2. The van der Waals surface area contributed by atoms with E-state index in [9.17, 15) is 4.79 Å². The molecule has 0 aliphatic rings. The first kappa shape index (κ1) is 10.1. The summed E-state index contributed by atoms with van der Waals surface area (Å²) in [6.45, 7) is 0. The number of nitrogens with zero attached hydrogens (tertiary/aromatic N) is 4. The van der Waals surface area contributed by atoms with Crippen LogP contribution >= 0.6 is 11.3 Å². The molecule has 3 aromatic rings. The van der Waals surface area contributed by atoms with Crippen molar-refractivity contribution in [2.45, 2.75) is 0 Å². The van der Waals surface area contributed by atoms with Crippen LogP contribution in [0.25, 0.3) is 11.0 Å². The monoisotopic (exact) mass is 244 g/mol. The van der Waals surface area contributed by atoms with Gasteiger partial charge in [-0.1, -0.05) is 6.07 Å². The number of thiophene rings is 1. The Kier molecular flexibility index (Phi) is 2.22. The first-order valence-electron chi connectivity index (χ1n) is 4.98. The van der Waals surface area contributed by atoms with E-state index in [2.05, 4.69) is 15.1 Å². The molecule has 84 valence electrons. The second-order valence-electron chi connectivity index (χ2n) is 3.53. The van der Waals surface area contributed by atoms with Crippen LogP contribution in [0.15, 0.2) is 30.0 Å². The molecule has 0 saturated carbocycles. The standard InChI is InChI=1S/C11H8N4OS/c1-15-11-7(5-14-15)9(12-6-13-11)10(16)8-3-2-4-17-8/h2-6H,1H3. The van der Waals surface area contributed by atoms with Crippen LogP contribution in [0, 0.1) is 0 Å². The fraction of sp³-hybridized carbons (Fsp3) is 0.0909. The van der Waals surface area contributed by atoms with Gasteiger partial charge in [-0.15, -0.1) is 11.3 Å². The van der Waals surface area contributed by atoms with Crippen LogP contribution in [0.1, 0.15) is 15.4 Å². The zero-order valence-corrected chi connectivity index (χ0v) is 9.81. The van der Waals surface area contributed by atoms with Crippen LogP contribution < -0.4 is 0 Å². The molecule has 0 aromatic carbocycles. The number of ketones is 1. The molecule has 6 heteroatoms. The van der Waals surface area contributed by atoms with Crippen molar-refractivity contribution in [3.63, 3.8) is 0 Å². The van der Waals surface area contributed by atoms with Gasteiger partial charge in [-0.3, -0.25) is 9.48 Å². The van der Waals surface area contributed by atoms with Gasteiger partial charge in [0.1, 0.15) is 12.0 Å². The average Bonchev–Trinajstić information content (AvgIpc) is 2.98. The van der Waals surface area contributed by atoms with Gasteiger partial charge in [-0.05, 0) is 11.4 Å². The predicted molar refractivity (Wildman–Crippen MR) is 64.1 cm³/mol. The third-order valence-electron chi connectivity index (χ3n) is 2.49. The van der Waals surface area contributed by atoms with Crippen LogP contribution in [-0.4, -0.2) is 25.5 Å². The number of fused-ring (bicyclic) bond motifs is 1. The van der Waals surface area contributed by atoms with Crippen LogP contribution in [0.3, 0.4) is 0 Å². The Morgan fingerprint density at radius 3 is 3.06 bits per heavy atom. The number of carbonyl (C=O) groups is 1. The lowest BCUT2D eigenvalue weighted by Crippen LogP contribution is -2.03. The highest BCUT2D eigenvalue weighted by atomic mass is 32.1. The van der Waals surface area contributed by atoms with Gasteiger partial charge in [0.15, 0.2) is 5.65 Å². The summed E-state index contributed by atoms with van der Waals surface area (Å²) in [5, 5.41) is 6.64. The molecular formula is C11H8N4OS. The van der Waals surface area contributed by atoms with E-state index < -0.39 is 0 Å². The van der Waals surface area contributed by atoms with Crippen molar-refractivity contribution in [1.29, 1.82) is 0 Å². The molecule has 0 saturated heterocycles. The quantitative estimate of drug-likeness (QED) is 0.643. The van der Waals surface area contributed by atoms with Crippen molar-refractivity contribution < 1.29 is 4.79 Å². The largest absolute Gasteiger partial charge is 0.286 e. The Balaban J connectivity index is 2.21. The normalized spacial score (nSPS) is 10.9. The first-order chi connectivity index (χ1) is 8.27. The Morgan fingerprint density at radius 1 is 1.41 bits per heavy atom. The van der Waals surface area contributed by atoms with Crippen LogP contribution in [0.4, 0.5) is 0 Å². The highest BCUT2D eigenvalue weighted by molar-refractivity contribution is 7.12. The molecule has 0 spiro atoms. The highest BCUT2D eigenvalue weighted by Crippen LogP contribution is 2.19. The van der Waals surface area contributed by atoms with E-state index in [4.69, 9.17) is 0 Å². The zero-order valence-electron chi connectivity index (χ0n) is 8.99. The number of carbonyl (C=O) groups excluding carboxylic acids is 1. The van der Waals surface area contributed by atoms with Crippen LogP contribution in [0.2, 0.25) is 0 Å². The summed E-state index contributed by atoms with van der Waals surface area (Å²) in [7, 11) is 1.79. The molecule has 3 rings (SSSR count). The molecule has 17 heavy (non-hydrogen) atoms. The molecule has 0 bridgehead atoms. The van der Waals surface area contributed by atoms with Crippen molar-refractivity contribution in [2.75, 3.05) is 0 Å². The third-order valence-corrected chi connectivity index (χ3v) is 3.36. The van der Waals surface area contributed by atoms with Crippen LogP contribution in [0.5, 0.6) is 0 Å². The molecule has 0 fully saturated rings. The minimum atomic E-state index is -0.0830. The van der Waals surface area contributed by atoms with Gasteiger partial charge in [0, 0.05) is 7.05 Å². The van der Waals surface area contributed by atoms with Crippen LogP contribution in [-0.2, 0) is 7.05 Å². The topological polar surface area (TPSA) is 60.7 Å². The van der Waals surface area contributed by atoms with E-state index in [1.807, 2.05) is 11.4 Å². The van der Waals surface area contributed by atoms with E-state index in [1.54, 1.807) is 24.0 Å². The molecule has 0 amide bonds. The number of hydrogen-bond acceptors (Lipinski definition) is 5. The molecular weight excluding hydrogens is 236 g/mol. The summed E-state index contributed by atoms with van der Waals surface area (Å²) in [5.74, 6) is -0.0830. The molecule has 0 unspecified atom stereocenters. The minimum absolute atomic E-state index is 0.0830. The molecule has 3 aromatic heterocycles. The van der Waals surface area contributed by atoms with Gasteiger partial charge in [-0.2, -0.15) is 5.10 Å². The summed E-state index contributed by atoms with van der Waals surface area (Å²) in [5.41, 5.74) is 1.07. The minimum Gasteiger partial charge on any atom is -0.286 e. The smallest absolute Gasteiger partial charge is 0.222 e. The molecule has 3 heterocycles. The van der Waals surface area contributed by atoms with E-state index in [0.717, 1.165) is 0 Å². The molecule has 0 aliphatic carbocycles. The van der Waals surface area contributed by atoms with Gasteiger partial charge >= 0.3 is 0 Å². The van der Waals surface area contributed by atoms with Crippen molar-refractivity contribution >= 4 is 28.2 Å². The average molecular weight is 244 g/mol. The molecule has 5 nitrogen and oxygen atoms in total. The predicted octanol–water partition coefficient (Wildman–Crippen LogP) is 1.66. The highest BCUT2D eigenvalue weighted by Gasteiger charge is 2.17. The van der Waals surface area contributed by atoms with Crippen molar-refractivity contribution in [2.24, 2.45) is 7.05 Å². The zero-order chi connectivity index (χ0) is 11.8. The van der Waals surface area contributed by atoms with E-state index in [-0.39, 0.29) is 5.78 Å². The number of aromatic nitrogens is 4. The van der Waals surface area contributed by atoms with Gasteiger partial charge in [0.05, 0.1) is 16.5 Å². The second kappa shape index (κ2) is 3.74. The maximum atomic E-state index is 12.2. The Hall–Kier alpha value is -2.08. The van der Waals surface area contributed by atoms with Gasteiger partial charge in [0.2, 0.25) is 5.78 Å². The Morgan fingerprint density at radius 2 is 2.29 bits per heavy atom. The third kappa shape index (κ3) is 1.53. The van der Waals surface area contributed by atoms with Crippen molar-refractivity contribution in [3.8, 4) is 0 Å². The summed E-state index contributed by atoms with van der Waals surface area (Å²) < 4.78 is 1.63. The lowest BCUT2D eigenvalue weighted by atomic mass is 10.2. The van der Waals surface area contributed by atoms with E-state index in [0.29, 0.717) is 21.6 Å².